The molecule has 1 aromatic carbocycles. The number of carbonyl (C=O) groups is 1. The number of hydrogen-bond donors (Lipinski definition) is 3. The van der Waals surface area contributed by atoms with Gasteiger partial charge in [-0.2, -0.15) is 0 Å². The van der Waals surface area contributed by atoms with Crippen molar-refractivity contribution < 1.29 is 4.79 Å². The van der Waals surface area contributed by atoms with Crippen LogP contribution in [0.5, 0.6) is 0 Å². The van der Waals surface area contributed by atoms with Crippen molar-refractivity contribution >= 4 is 34.8 Å². The number of halogens is 1. The predicted molar refractivity (Wildman–Crippen MR) is 130 cm³/mol. The first kappa shape index (κ1) is 21.4. The fraction of sp³-hybridized carbons (Fsp3) is 0.280. The van der Waals surface area contributed by atoms with Gasteiger partial charge in [0.15, 0.2) is 0 Å². The van der Waals surface area contributed by atoms with Crippen LogP contribution < -0.4 is 16.4 Å². The van der Waals surface area contributed by atoms with Crippen molar-refractivity contribution in [1.29, 1.82) is 0 Å². The van der Waals surface area contributed by atoms with Gasteiger partial charge in [0.05, 0.1) is 22.5 Å². The SMILES string of the molecule is Nc1ccc(C(=O)N[C@H]2CCC[C@@H](Nc3ncc(Cl)c(C4=CCc5ccccc54)n3)C2)cn1. The second kappa shape index (κ2) is 9.19. The molecular formula is C25H25ClN6O. The van der Waals surface area contributed by atoms with Gasteiger partial charge < -0.3 is 16.4 Å². The Hall–Kier alpha value is -3.45. The van der Waals surface area contributed by atoms with Gasteiger partial charge in [-0.15, -0.1) is 0 Å². The normalized spacial score (nSPS) is 19.5. The van der Waals surface area contributed by atoms with E-state index in [1.54, 1.807) is 18.3 Å². The van der Waals surface area contributed by atoms with Crippen molar-refractivity contribution in [2.24, 2.45) is 0 Å². The minimum Gasteiger partial charge on any atom is -0.384 e. The zero-order valence-electron chi connectivity index (χ0n) is 18.1. The van der Waals surface area contributed by atoms with Crippen LogP contribution in [0.2, 0.25) is 5.02 Å². The Bertz CT molecular complexity index is 1210. The molecule has 8 heteroatoms. The molecule has 2 aliphatic carbocycles. The Morgan fingerprint density at radius 1 is 1.06 bits per heavy atom. The highest BCUT2D eigenvalue weighted by molar-refractivity contribution is 6.32. The zero-order valence-corrected chi connectivity index (χ0v) is 18.8. The molecule has 2 heterocycles. The number of allylic oxidation sites excluding steroid dienone is 1. The first-order valence-electron chi connectivity index (χ1n) is 11.2. The molecule has 0 aliphatic heterocycles. The lowest BCUT2D eigenvalue weighted by Gasteiger charge is -2.30. The Morgan fingerprint density at radius 3 is 2.76 bits per heavy atom. The molecule has 0 bridgehead atoms. The molecule has 7 nitrogen and oxygen atoms in total. The van der Waals surface area contributed by atoms with E-state index >= 15 is 0 Å². The highest BCUT2D eigenvalue weighted by atomic mass is 35.5. The van der Waals surface area contributed by atoms with E-state index < -0.39 is 0 Å². The van der Waals surface area contributed by atoms with Crippen molar-refractivity contribution in [1.82, 2.24) is 20.3 Å². The number of nitrogens with zero attached hydrogens (tertiary/aromatic N) is 3. The van der Waals surface area contributed by atoms with Gasteiger partial charge in [0.2, 0.25) is 5.95 Å². The minimum absolute atomic E-state index is 0.0671. The summed E-state index contributed by atoms with van der Waals surface area (Å²) in [5.41, 5.74) is 10.4. The van der Waals surface area contributed by atoms with E-state index in [9.17, 15) is 4.79 Å². The Labute approximate surface area is 197 Å². The number of hydrogen-bond acceptors (Lipinski definition) is 6. The summed E-state index contributed by atoms with van der Waals surface area (Å²) in [7, 11) is 0. The Morgan fingerprint density at radius 2 is 1.91 bits per heavy atom. The van der Waals surface area contributed by atoms with Gasteiger partial charge in [-0.25, -0.2) is 15.0 Å². The Kier molecular flexibility index (Phi) is 5.96. The van der Waals surface area contributed by atoms with Crippen LogP contribution in [0.4, 0.5) is 11.8 Å². The molecule has 1 fully saturated rings. The number of aromatic nitrogens is 3. The van der Waals surface area contributed by atoms with Gasteiger partial charge in [-0.1, -0.05) is 41.9 Å². The summed E-state index contributed by atoms with van der Waals surface area (Å²) in [6, 6.07) is 11.9. The standard InChI is InChI=1S/C25H25ClN6O/c26-21-14-29-25(32-23(21)20-10-8-15-4-1-2-7-19(15)20)31-18-6-3-5-17(12-18)30-24(33)16-9-11-22(27)28-13-16/h1-2,4,7,9-11,13-14,17-18H,3,5-6,8,12H2,(H2,27,28)(H,30,33)(H,29,31,32)/t17-,18+/m0/s1. The van der Waals surface area contributed by atoms with Gasteiger partial charge in [0, 0.05) is 23.9 Å². The summed E-state index contributed by atoms with van der Waals surface area (Å²) >= 11 is 6.48. The first-order valence-corrected chi connectivity index (χ1v) is 11.5. The van der Waals surface area contributed by atoms with Crippen molar-refractivity contribution in [3.8, 4) is 0 Å². The highest BCUT2D eigenvalue weighted by Crippen LogP contribution is 2.35. The topological polar surface area (TPSA) is 106 Å². The summed E-state index contributed by atoms with van der Waals surface area (Å²) < 4.78 is 0. The number of rotatable bonds is 5. The second-order valence-electron chi connectivity index (χ2n) is 8.52. The molecule has 0 radical (unpaired) electrons. The molecule has 168 valence electrons. The molecular weight excluding hydrogens is 436 g/mol. The Balaban J connectivity index is 1.26. The molecule has 2 aliphatic rings. The second-order valence-corrected chi connectivity index (χ2v) is 8.93. The van der Waals surface area contributed by atoms with E-state index in [1.165, 1.54) is 17.3 Å². The van der Waals surface area contributed by atoms with Crippen LogP contribution in [-0.2, 0) is 6.42 Å². The molecule has 0 unspecified atom stereocenters. The van der Waals surface area contributed by atoms with Crippen molar-refractivity contribution in [2.75, 3.05) is 11.1 Å². The highest BCUT2D eigenvalue weighted by Gasteiger charge is 2.25. The maximum Gasteiger partial charge on any atom is 0.253 e. The number of anilines is 2. The predicted octanol–water partition coefficient (Wildman–Crippen LogP) is 4.25. The third-order valence-electron chi connectivity index (χ3n) is 6.22. The lowest BCUT2D eigenvalue weighted by molar-refractivity contribution is 0.0926. The summed E-state index contributed by atoms with van der Waals surface area (Å²) in [4.78, 5) is 25.7. The van der Waals surface area contributed by atoms with Crippen LogP contribution in [0.15, 0.2) is 54.9 Å². The third-order valence-corrected chi connectivity index (χ3v) is 6.50. The number of nitrogens with one attached hydrogen (secondary N) is 2. The largest absolute Gasteiger partial charge is 0.384 e. The monoisotopic (exact) mass is 460 g/mol. The van der Waals surface area contributed by atoms with E-state index in [4.69, 9.17) is 22.3 Å². The van der Waals surface area contributed by atoms with Gasteiger partial charge in [0.25, 0.3) is 5.91 Å². The molecule has 2 aromatic heterocycles. The van der Waals surface area contributed by atoms with Gasteiger partial charge >= 0.3 is 0 Å². The van der Waals surface area contributed by atoms with E-state index in [0.29, 0.717) is 22.4 Å². The van der Waals surface area contributed by atoms with Crippen LogP contribution in [0.3, 0.4) is 0 Å². The fourth-order valence-corrected chi connectivity index (χ4v) is 4.77. The minimum atomic E-state index is -0.134. The van der Waals surface area contributed by atoms with Gasteiger partial charge in [0.1, 0.15) is 5.82 Å². The summed E-state index contributed by atoms with van der Waals surface area (Å²) in [5.74, 6) is 0.817. The van der Waals surface area contributed by atoms with Crippen LogP contribution in [0, 0.1) is 0 Å². The average Bonchev–Trinajstić information content (AvgIpc) is 3.25. The maximum absolute atomic E-state index is 12.6. The molecule has 1 saturated carbocycles. The number of fused-ring (bicyclic) bond motifs is 1. The van der Waals surface area contributed by atoms with Crippen LogP contribution >= 0.6 is 11.6 Å². The van der Waals surface area contributed by atoms with Crippen molar-refractivity contribution in [3.63, 3.8) is 0 Å². The maximum atomic E-state index is 12.6. The molecule has 0 saturated heterocycles. The smallest absolute Gasteiger partial charge is 0.253 e. The van der Waals surface area contributed by atoms with Gasteiger partial charge in [-0.3, -0.25) is 4.79 Å². The number of amides is 1. The number of nitrogens with two attached hydrogens (primary N) is 1. The average molecular weight is 461 g/mol. The number of benzene rings is 1. The van der Waals surface area contributed by atoms with Crippen molar-refractivity contribution in [2.45, 2.75) is 44.2 Å². The van der Waals surface area contributed by atoms with Crippen LogP contribution in [0.1, 0.15) is 52.9 Å². The molecule has 3 aromatic rings. The molecule has 0 spiro atoms. The van der Waals surface area contributed by atoms with Crippen LogP contribution in [0.25, 0.3) is 5.57 Å². The summed E-state index contributed by atoms with van der Waals surface area (Å²) in [6.45, 7) is 0. The van der Waals surface area contributed by atoms with E-state index in [2.05, 4.69) is 38.8 Å². The summed E-state index contributed by atoms with van der Waals surface area (Å²) in [6.07, 6.45) is 9.92. The molecule has 4 N–H and O–H groups in total. The number of carbonyl (C=O) groups excluding carboxylic acids is 1. The lowest BCUT2D eigenvalue weighted by Crippen LogP contribution is -2.42. The zero-order chi connectivity index (χ0) is 22.8. The van der Waals surface area contributed by atoms with E-state index in [1.807, 2.05) is 12.1 Å². The molecule has 1 amide bonds. The van der Waals surface area contributed by atoms with Crippen LogP contribution in [-0.4, -0.2) is 32.9 Å². The lowest BCUT2D eigenvalue weighted by atomic mass is 9.91. The van der Waals surface area contributed by atoms with E-state index in [-0.39, 0.29) is 18.0 Å². The van der Waals surface area contributed by atoms with Gasteiger partial charge in [-0.05, 0) is 55.4 Å². The third kappa shape index (κ3) is 4.68. The summed E-state index contributed by atoms with van der Waals surface area (Å²) in [5, 5.41) is 7.11. The fourth-order valence-electron chi connectivity index (χ4n) is 4.58. The quantitative estimate of drug-likeness (QED) is 0.525. The first-order chi connectivity index (χ1) is 16.1. The molecule has 33 heavy (non-hydrogen) atoms. The molecule has 5 rings (SSSR count). The van der Waals surface area contributed by atoms with Crippen molar-refractivity contribution in [3.05, 3.63) is 82.3 Å². The number of nitrogen functional groups attached to an aromatic ring is 1. The number of pyridine rings is 1. The molecule has 2 atom stereocenters. The van der Waals surface area contributed by atoms with E-state index in [0.717, 1.165) is 43.4 Å².